The van der Waals surface area contributed by atoms with Gasteiger partial charge in [-0.1, -0.05) is 0 Å². The summed E-state index contributed by atoms with van der Waals surface area (Å²) < 4.78 is 64.3. The van der Waals surface area contributed by atoms with Crippen LogP contribution in [0.5, 0.6) is 0 Å². The molecule has 0 fully saturated rings. The van der Waals surface area contributed by atoms with Crippen molar-refractivity contribution < 1.29 is 22.0 Å². The van der Waals surface area contributed by atoms with Crippen LogP contribution in [-0.4, -0.2) is 0 Å². The lowest BCUT2D eigenvalue weighted by molar-refractivity contribution is -0.139. The molecule has 2 nitrogen and oxygen atoms in total. The minimum atomic E-state index is -4.80. The van der Waals surface area contributed by atoms with Crippen molar-refractivity contribution in [3.8, 4) is 0 Å². The van der Waals surface area contributed by atoms with Crippen molar-refractivity contribution >= 4 is 17.1 Å². The van der Waals surface area contributed by atoms with Crippen LogP contribution in [0.3, 0.4) is 0 Å². The van der Waals surface area contributed by atoms with Crippen molar-refractivity contribution in [3.63, 3.8) is 0 Å². The molecule has 0 saturated carbocycles. The van der Waals surface area contributed by atoms with Gasteiger partial charge in [0, 0.05) is 5.69 Å². The normalized spacial score (nSPS) is 11.5. The largest absolute Gasteiger partial charge is 0.419 e. The highest BCUT2D eigenvalue weighted by Crippen LogP contribution is 2.34. The van der Waals surface area contributed by atoms with E-state index in [4.69, 9.17) is 5.73 Å². The number of hydrogen-bond acceptors (Lipinski definition) is 2. The SMILES string of the molecule is Cc1cc(Nc2ccc(F)c(C(F)(F)F)c2)c(N)cc1F. The topological polar surface area (TPSA) is 38.0 Å². The Balaban J connectivity index is 2.39. The summed E-state index contributed by atoms with van der Waals surface area (Å²) >= 11 is 0. The molecule has 0 radical (unpaired) electrons. The Morgan fingerprint density at radius 3 is 2.29 bits per heavy atom. The molecule has 0 aliphatic heterocycles. The highest BCUT2D eigenvalue weighted by atomic mass is 19.4. The molecule has 2 aromatic carbocycles. The van der Waals surface area contributed by atoms with E-state index in [0.717, 1.165) is 12.1 Å². The summed E-state index contributed by atoms with van der Waals surface area (Å²) in [4.78, 5) is 0. The van der Waals surface area contributed by atoms with Crippen LogP contribution in [0.25, 0.3) is 0 Å². The average molecular weight is 302 g/mol. The molecular formula is C14H11F5N2. The van der Waals surface area contributed by atoms with E-state index < -0.39 is 23.4 Å². The van der Waals surface area contributed by atoms with Gasteiger partial charge >= 0.3 is 6.18 Å². The van der Waals surface area contributed by atoms with Crippen LogP contribution < -0.4 is 11.1 Å². The van der Waals surface area contributed by atoms with E-state index >= 15 is 0 Å². The summed E-state index contributed by atoms with van der Waals surface area (Å²) in [5.74, 6) is -1.88. The van der Waals surface area contributed by atoms with E-state index in [1.54, 1.807) is 0 Å². The Morgan fingerprint density at radius 1 is 1.00 bits per heavy atom. The van der Waals surface area contributed by atoms with Gasteiger partial charge in [0.15, 0.2) is 0 Å². The van der Waals surface area contributed by atoms with Crippen LogP contribution >= 0.6 is 0 Å². The van der Waals surface area contributed by atoms with Crippen molar-refractivity contribution in [3.05, 3.63) is 53.1 Å². The van der Waals surface area contributed by atoms with Crippen molar-refractivity contribution in [1.82, 2.24) is 0 Å². The molecule has 2 rings (SSSR count). The fourth-order valence-corrected chi connectivity index (χ4v) is 1.78. The van der Waals surface area contributed by atoms with Gasteiger partial charge in [-0.15, -0.1) is 0 Å². The van der Waals surface area contributed by atoms with Gasteiger partial charge in [-0.2, -0.15) is 13.2 Å². The molecule has 0 bridgehead atoms. The monoisotopic (exact) mass is 302 g/mol. The average Bonchev–Trinajstić information content (AvgIpc) is 2.37. The second-order valence-electron chi connectivity index (χ2n) is 4.51. The number of halogens is 5. The standard InChI is InChI=1S/C14H11F5N2/c1-7-4-13(12(20)6-11(7)16)21-8-2-3-10(15)9(5-8)14(17,18)19/h2-6,21H,20H2,1H3. The van der Waals surface area contributed by atoms with Gasteiger partial charge in [-0.25, -0.2) is 8.78 Å². The maximum atomic E-state index is 13.3. The van der Waals surface area contributed by atoms with Gasteiger partial charge in [0.2, 0.25) is 0 Å². The number of benzene rings is 2. The summed E-state index contributed by atoms with van der Waals surface area (Å²) in [5, 5.41) is 2.62. The van der Waals surface area contributed by atoms with Crippen LogP contribution in [0, 0.1) is 18.6 Å². The lowest BCUT2D eigenvalue weighted by Gasteiger charge is -2.13. The third-order valence-corrected chi connectivity index (χ3v) is 2.88. The fourth-order valence-electron chi connectivity index (χ4n) is 1.78. The van der Waals surface area contributed by atoms with E-state index in [9.17, 15) is 22.0 Å². The van der Waals surface area contributed by atoms with Crippen LogP contribution in [0.15, 0.2) is 30.3 Å². The number of aryl methyl sites for hydroxylation is 1. The lowest BCUT2D eigenvalue weighted by Crippen LogP contribution is -2.09. The number of anilines is 3. The number of rotatable bonds is 2. The number of nitrogen functional groups attached to an aromatic ring is 1. The predicted molar refractivity (Wildman–Crippen MR) is 70.2 cm³/mol. The van der Waals surface area contributed by atoms with E-state index in [-0.39, 0.29) is 22.6 Å². The second kappa shape index (κ2) is 5.23. The quantitative estimate of drug-likeness (QED) is 0.627. The van der Waals surface area contributed by atoms with Crippen molar-refractivity contribution in [1.29, 1.82) is 0 Å². The Morgan fingerprint density at radius 2 is 1.67 bits per heavy atom. The third-order valence-electron chi connectivity index (χ3n) is 2.88. The van der Waals surface area contributed by atoms with E-state index in [1.807, 2.05) is 0 Å². The summed E-state index contributed by atoms with van der Waals surface area (Å²) in [5.41, 5.74) is 4.77. The summed E-state index contributed by atoms with van der Waals surface area (Å²) in [6.45, 7) is 1.49. The summed E-state index contributed by atoms with van der Waals surface area (Å²) in [6.07, 6.45) is -4.80. The molecule has 0 saturated heterocycles. The molecule has 3 N–H and O–H groups in total. The number of alkyl halides is 3. The zero-order chi connectivity index (χ0) is 15.8. The first-order valence-electron chi connectivity index (χ1n) is 5.88. The summed E-state index contributed by atoms with van der Waals surface area (Å²) in [6, 6.07) is 4.90. The Bertz CT molecular complexity index is 680. The fraction of sp³-hybridized carbons (Fsp3) is 0.143. The van der Waals surface area contributed by atoms with Crippen molar-refractivity contribution in [2.75, 3.05) is 11.1 Å². The molecule has 0 aliphatic carbocycles. The summed E-state index contributed by atoms with van der Waals surface area (Å²) in [7, 11) is 0. The van der Waals surface area contributed by atoms with Crippen molar-refractivity contribution in [2.24, 2.45) is 0 Å². The van der Waals surface area contributed by atoms with Crippen LogP contribution in [0.4, 0.5) is 39.0 Å². The minimum Gasteiger partial charge on any atom is -0.397 e. The van der Waals surface area contributed by atoms with Crippen molar-refractivity contribution in [2.45, 2.75) is 13.1 Å². The molecule has 2 aromatic rings. The highest BCUT2D eigenvalue weighted by Gasteiger charge is 2.34. The lowest BCUT2D eigenvalue weighted by atomic mass is 10.1. The zero-order valence-corrected chi connectivity index (χ0v) is 10.9. The molecule has 0 aromatic heterocycles. The number of hydrogen-bond donors (Lipinski definition) is 2. The number of nitrogens with two attached hydrogens (primary N) is 1. The van der Waals surface area contributed by atoms with Gasteiger partial charge < -0.3 is 11.1 Å². The Labute approximate surface area is 117 Å². The first-order valence-corrected chi connectivity index (χ1v) is 5.88. The van der Waals surface area contributed by atoms with Gasteiger partial charge in [0.05, 0.1) is 16.9 Å². The van der Waals surface area contributed by atoms with Gasteiger partial charge in [0.1, 0.15) is 11.6 Å². The Kier molecular flexibility index (Phi) is 3.76. The van der Waals surface area contributed by atoms with Crippen LogP contribution in [0.1, 0.15) is 11.1 Å². The smallest absolute Gasteiger partial charge is 0.397 e. The molecule has 21 heavy (non-hydrogen) atoms. The second-order valence-corrected chi connectivity index (χ2v) is 4.51. The molecule has 0 heterocycles. The van der Waals surface area contributed by atoms with Crippen LogP contribution in [-0.2, 0) is 6.18 Å². The van der Waals surface area contributed by atoms with E-state index in [1.165, 1.54) is 13.0 Å². The molecular weight excluding hydrogens is 291 g/mol. The molecule has 0 atom stereocenters. The molecule has 7 heteroatoms. The van der Waals surface area contributed by atoms with Gasteiger partial charge in [0.25, 0.3) is 0 Å². The maximum absolute atomic E-state index is 13.3. The first kappa shape index (κ1) is 15.1. The number of nitrogens with one attached hydrogen (secondary N) is 1. The highest BCUT2D eigenvalue weighted by molar-refractivity contribution is 5.73. The van der Waals surface area contributed by atoms with E-state index in [0.29, 0.717) is 12.1 Å². The zero-order valence-electron chi connectivity index (χ0n) is 10.9. The molecule has 0 spiro atoms. The predicted octanol–water partition coefficient (Wildman–Crippen LogP) is 4.62. The maximum Gasteiger partial charge on any atom is 0.419 e. The van der Waals surface area contributed by atoms with E-state index in [2.05, 4.69) is 5.32 Å². The molecule has 0 unspecified atom stereocenters. The van der Waals surface area contributed by atoms with Gasteiger partial charge in [-0.3, -0.25) is 0 Å². The minimum absolute atomic E-state index is 0.00133. The van der Waals surface area contributed by atoms with Crippen LogP contribution in [0.2, 0.25) is 0 Å². The molecule has 0 aliphatic rings. The first-order chi connectivity index (χ1) is 9.68. The molecule has 112 valence electrons. The van der Waals surface area contributed by atoms with Gasteiger partial charge in [-0.05, 0) is 42.8 Å². The Hall–Kier alpha value is -2.31. The molecule has 0 amide bonds. The third kappa shape index (κ3) is 3.24.